The van der Waals surface area contributed by atoms with E-state index in [1.54, 1.807) is 6.07 Å². The van der Waals surface area contributed by atoms with Crippen molar-refractivity contribution in [1.29, 1.82) is 0 Å². The molecule has 4 heteroatoms. The van der Waals surface area contributed by atoms with Crippen molar-refractivity contribution in [1.82, 2.24) is 0 Å². The maximum absolute atomic E-state index is 9.35. The molecule has 0 heterocycles. The summed E-state index contributed by atoms with van der Waals surface area (Å²) >= 11 is 1.46. The van der Waals surface area contributed by atoms with Gasteiger partial charge in [0, 0.05) is 23.3 Å². The van der Waals surface area contributed by atoms with Crippen LogP contribution in [-0.4, -0.2) is 27.7 Å². The number of thioether (sulfide) groups is 1. The first-order valence-corrected chi connectivity index (χ1v) is 4.98. The van der Waals surface area contributed by atoms with Gasteiger partial charge in [0.1, 0.15) is 11.5 Å². The number of phenolic OH excluding ortho intramolecular Hbond substituents is 2. The molecule has 0 aliphatic heterocycles. The molecule has 1 aromatic carbocycles. The fourth-order valence-corrected chi connectivity index (χ4v) is 1.74. The van der Waals surface area contributed by atoms with Crippen molar-refractivity contribution >= 4 is 11.8 Å². The van der Waals surface area contributed by atoms with Crippen molar-refractivity contribution in [3.8, 4) is 11.5 Å². The zero-order chi connectivity index (χ0) is 9.68. The maximum Gasteiger partial charge on any atom is 0.132 e. The Labute approximate surface area is 81.0 Å². The van der Waals surface area contributed by atoms with Gasteiger partial charge in [-0.05, 0) is 18.6 Å². The molecule has 0 unspecified atom stereocenters. The summed E-state index contributed by atoms with van der Waals surface area (Å²) in [5, 5.41) is 26.9. The summed E-state index contributed by atoms with van der Waals surface area (Å²) in [7, 11) is 0. The van der Waals surface area contributed by atoms with E-state index >= 15 is 0 Å². The number of hydrogen-bond donors (Lipinski definition) is 3. The number of aromatic hydroxyl groups is 2. The molecule has 0 aliphatic rings. The summed E-state index contributed by atoms with van der Waals surface area (Å²) < 4.78 is 0. The Morgan fingerprint density at radius 2 is 2.00 bits per heavy atom. The van der Waals surface area contributed by atoms with Gasteiger partial charge in [0.05, 0.1) is 0 Å². The zero-order valence-corrected chi connectivity index (χ0v) is 7.92. The second-order valence-electron chi connectivity index (χ2n) is 2.58. The monoisotopic (exact) mass is 200 g/mol. The molecule has 0 saturated carbocycles. The standard InChI is InChI=1S/C9H12O3S/c10-4-1-5-13-9-3-2-7(11)6-8(9)12/h2-3,6,10-12H,1,4-5H2. The number of hydrogen-bond acceptors (Lipinski definition) is 4. The summed E-state index contributed by atoms with van der Waals surface area (Å²) in [5.41, 5.74) is 0. The van der Waals surface area contributed by atoms with E-state index in [1.807, 2.05) is 0 Å². The summed E-state index contributed by atoms with van der Waals surface area (Å²) in [6.07, 6.45) is 0.699. The molecule has 0 fully saturated rings. The molecule has 3 nitrogen and oxygen atoms in total. The molecule has 72 valence electrons. The number of aliphatic hydroxyl groups is 1. The quantitative estimate of drug-likeness (QED) is 0.510. The van der Waals surface area contributed by atoms with E-state index in [2.05, 4.69) is 0 Å². The van der Waals surface area contributed by atoms with E-state index in [0.29, 0.717) is 6.42 Å². The van der Waals surface area contributed by atoms with Crippen LogP contribution in [0.3, 0.4) is 0 Å². The second-order valence-corrected chi connectivity index (χ2v) is 3.71. The normalized spacial score (nSPS) is 10.2. The third kappa shape index (κ3) is 3.16. The molecule has 0 amide bonds. The fourth-order valence-electron chi connectivity index (χ4n) is 0.874. The third-order valence-electron chi connectivity index (χ3n) is 1.50. The van der Waals surface area contributed by atoms with Gasteiger partial charge in [-0.25, -0.2) is 0 Å². The van der Waals surface area contributed by atoms with Crippen LogP contribution in [0.4, 0.5) is 0 Å². The van der Waals surface area contributed by atoms with Crippen molar-refractivity contribution in [2.45, 2.75) is 11.3 Å². The van der Waals surface area contributed by atoms with Crippen LogP contribution in [0.2, 0.25) is 0 Å². The highest BCUT2D eigenvalue weighted by atomic mass is 32.2. The molecule has 0 atom stereocenters. The fraction of sp³-hybridized carbons (Fsp3) is 0.333. The van der Waals surface area contributed by atoms with Gasteiger partial charge in [-0.2, -0.15) is 0 Å². The maximum atomic E-state index is 9.35. The van der Waals surface area contributed by atoms with Gasteiger partial charge in [0.2, 0.25) is 0 Å². The first-order valence-electron chi connectivity index (χ1n) is 3.99. The van der Waals surface area contributed by atoms with Crippen LogP contribution in [0.25, 0.3) is 0 Å². The molecule has 13 heavy (non-hydrogen) atoms. The van der Waals surface area contributed by atoms with Gasteiger partial charge in [-0.15, -0.1) is 11.8 Å². The first kappa shape index (κ1) is 10.2. The molecule has 1 aromatic rings. The molecule has 0 radical (unpaired) electrons. The molecule has 0 bridgehead atoms. The van der Waals surface area contributed by atoms with Crippen LogP contribution >= 0.6 is 11.8 Å². The third-order valence-corrected chi connectivity index (χ3v) is 2.65. The molecule has 0 spiro atoms. The molecule has 0 aromatic heterocycles. The number of rotatable bonds is 4. The lowest BCUT2D eigenvalue weighted by Gasteiger charge is -2.03. The average molecular weight is 200 g/mol. The van der Waals surface area contributed by atoms with Gasteiger partial charge >= 0.3 is 0 Å². The lowest BCUT2D eigenvalue weighted by Crippen LogP contribution is -1.85. The predicted octanol–water partition coefficient (Wildman–Crippen LogP) is 1.57. The molecule has 3 N–H and O–H groups in total. The Kier molecular flexibility index (Phi) is 3.92. The summed E-state index contributed by atoms with van der Waals surface area (Å²) in [4.78, 5) is 0.728. The van der Waals surface area contributed by atoms with Crippen LogP contribution in [0.1, 0.15) is 6.42 Å². The van der Waals surface area contributed by atoms with Crippen LogP contribution in [-0.2, 0) is 0 Å². The second kappa shape index (κ2) is 4.99. The van der Waals surface area contributed by atoms with Crippen LogP contribution in [0, 0.1) is 0 Å². The molecular formula is C9H12O3S. The number of benzene rings is 1. The van der Waals surface area contributed by atoms with Crippen molar-refractivity contribution in [3.63, 3.8) is 0 Å². The highest BCUT2D eigenvalue weighted by molar-refractivity contribution is 7.99. The van der Waals surface area contributed by atoms with E-state index in [4.69, 9.17) is 10.2 Å². The van der Waals surface area contributed by atoms with Gasteiger partial charge in [-0.1, -0.05) is 0 Å². The van der Waals surface area contributed by atoms with Gasteiger partial charge in [0.15, 0.2) is 0 Å². The van der Waals surface area contributed by atoms with E-state index in [1.165, 1.54) is 23.9 Å². The Hall–Kier alpha value is -0.870. The Bertz CT molecular complexity index is 276. The van der Waals surface area contributed by atoms with E-state index in [0.717, 1.165) is 10.6 Å². The Morgan fingerprint density at radius 1 is 1.23 bits per heavy atom. The van der Waals surface area contributed by atoms with Crippen molar-refractivity contribution < 1.29 is 15.3 Å². The summed E-state index contributed by atoms with van der Waals surface area (Å²) in [5.74, 6) is 0.904. The summed E-state index contributed by atoms with van der Waals surface area (Å²) in [6.45, 7) is 0.159. The Morgan fingerprint density at radius 3 is 2.62 bits per heavy atom. The van der Waals surface area contributed by atoms with Crippen molar-refractivity contribution in [3.05, 3.63) is 18.2 Å². The van der Waals surface area contributed by atoms with Gasteiger partial charge in [-0.3, -0.25) is 0 Å². The molecular weight excluding hydrogens is 188 g/mol. The highest BCUT2D eigenvalue weighted by Crippen LogP contribution is 2.31. The lowest BCUT2D eigenvalue weighted by molar-refractivity contribution is 0.296. The van der Waals surface area contributed by atoms with E-state index in [9.17, 15) is 5.11 Å². The van der Waals surface area contributed by atoms with Crippen molar-refractivity contribution in [2.75, 3.05) is 12.4 Å². The molecule has 0 saturated heterocycles. The highest BCUT2D eigenvalue weighted by Gasteiger charge is 2.01. The minimum atomic E-state index is 0.0593. The number of phenols is 2. The van der Waals surface area contributed by atoms with Crippen molar-refractivity contribution in [2.24, 2.45) is 0 Å². The lowest BCUT2D eigenvalue weighted by atomic mass is 10.3. The predicted molar refractivity (Wildman–Crippen MR) is 52.2 cm³/mol. The van der Waals surface area contributed by atoms with Crippen LogP contribution in [0.5, 0.6) is 11.5 Å². The smallest absolute Gasteiger partial charge is 0.132 e. The average Bonchev–Trinajstić information content (AvgIpc) is 2.09. The van der Waals surface area contributed by atoms with Crippen LogP contribution in [0.15, 0.2) is 23.1 Å². The number of aliphatic hydroxyl groups excluding tert-OH is 1. The minimum absolute atomic E-state index is 0.0593. The topological polar surface area (TPSA) is 60.7 Å². The summed E-state index contributed by atoms with van der Waals surface area (Å²) in [6, 6.07) is 4.50. The largest absolute Gasteiger partial charge is 0.508 e. The minimum Gasteiger partial charge on any atom is -0.508 e. The van der Waals surface area contributed by atoms with Gasteiger partial charge < -0.3 is 15.3 Å². The zero-order valence-electron chi connectivity index (χ0n) is 7.10. The van der Waals surface area contributed by atoms with Gasteiger partial charge in [0.25, 0.3) is 0 Å². The SMILES string of the molecule is OCCCSc1ccc(O)cc1O. The molecule has 0 aliphatic carbocycles. The first-order chi connectivity index (χ1) is 6.24. The molecule has 1 rings (SSSR count). The van der Waals surface area contributed by atoms with E-state index < -0.39 is 0 Å². The van der Waals surface area contributed by atoms with E-state index in [-0.39, 0.29) is 18.1 Å². The van der Waals surface area contributed by atoms with Crippen LogP contribution < -0.4 is 0 Å². The Balaban J connectivity index is 2.56.